The first-order valence-electron chi connectivity index (χ1n) is 10.7. The SMILES string of the molecule is C=CCOc1ccc(C[NH+](C)CC(=O)N2CC[NH+](CC(=O)NC(C)(C)C)CC2)cc1. The summed E-state index contributed by atoms with van der Waals surface area (Å²) in [6.45, 7) is 14.9. The Hall–Kier alpha value is -2.38. The number of nitrogens with zero attached hydrogens (tertiary/aromatic N) is 1. The third kappa shape index (κ3) is 8.55. The molecule has 7 nitrogen and oxygen atoms in total. The molecule has 30 heavy (non-hydrogen) atoms. The highest BCUT2D eigenvalue weighted by Gasteiger charge is 2.27. The van der Waals surface area contributed by atoms with Crippen molar-refractivity contribution in [3.8, 4) is 5.75 Å². The van der Waals surface area contributed by atoms with Gasteiger partial charge >= 0.3 is 0 Å². The molecule has 0 saturated carbocycles. The summed E-state index contributed by atoms with van der Waals surface area (Å²) in [7, 11) is 2.04. The van der Waals surface area contributed by atoms with Gasteiger partial charge in [0, 0.05) is 11.1 Å². The van der Waals surface area contributed by atoms with Gasteiger partial charge in [-0.15, -0.1) is 0 Å². The van der Waals surface area contributed by atoms with Crippen molar-refractivity contribution in [3.63, 3.8) is 0 Å². The quantitative estimate of drug-likeness (QED) is 0.447. The van der Waals surface area contributed by atoms with Crippen LogP contribution in [-0.2, 0) is 16.1 Å². The minimum Gasteiger partial charge on any atom is -0.490 e. The number of piperazine rings is 1. The Morgan fingerprint density at radius 1 is 1.23 bits per heavy atom. The number of carbonyl (C=O) groups excluding carboxylic acids is 2. The van der Waals surface area contributed by atoms with Crippen LogP contribution in [-0.4, -0.2) is 75.2 Å². The van der Waals surface area contributed by atoms with Crippen LogP contribution in [0.5, 0.6) is 5.75 Å². The second-order valence-corrected chi connectivity index (χ2v) is 9.16. The topological polar surface area (TPSA) is 67.5 Å². The zero-order valence-corrected chi connectivity index (χ0v) is 18.9. The number of carbonyl (C=O) groups is 2. The molecule has 0 radical (unpaired) electrons. The van der Waals surface area contributed by atoms with Gasteiger partial charge in [0.1, 0.15) is 18.9 Å². The summed E-state index contributed by atoms with van der Waals surface area (Å²) >= 11 is 0. The molecule has 166 valence electrons. The Bertz CT molecular complexity index is 704. The molecule has 0 aromatic heterocycles. The van der Waals surface area contributed by atoms with E-state index in [2.05, 4.69) is 11.9 Å². The molecule has 3 N–H and O–H groups in total. The molecule has 7 heteroatoms. The van der Waals surface area contributed by atoms with E-state index < -0.39 is 0 Å². The number of nitrogens with one attached hydrogen (secondary N) is 3. The first-order chi connectivity index (χ1) is 14.2. The van der Waals surface area contributed by atoms with Crippen LogP contribution < -0.4 is 19.9 Å². The molecule has 1 aromatic carbocycles. The highest BCUT2D eigenvalue weighted by atomic mass is 16.5. The molecular formula is C23H38N4O3+2. The summed E-state index contributed by atoms with van der Waals surface area (Å²) < 4.78 is 5.50. The maximum Gasteiger partial charge on any atom is 0.278 e. The van der Waals surface area contributed by atoms with Crippen LogP contribution in [0.25, 0.3) is 0 Å². The molecule has 0 spiro atoms. The highest BCUT2D eigenvalue weighted by Crippen LogP contribution is 2.11. The van der Waals surface area contributed by atoms with Gasteiger partial charge in [-0.1, -0.05) is 12.7 Å². The number of quaternary nitrogens is 2. The number of ether oxygens (including phenoxy) is 1. The minimum absolute atomic E-state index is 0.0716. The summed E-state index contributed by atoms with van der Waals surface area (Å²) in [5.41, 5.74) is 0.964. The van der Waals surface area contributed by atoms with Crippen molar-refractivity contribution in [1.29, 1.82) is 0 Å². The number of hydrogen-bond donors (Lipinski definition) is 3. The molecule has 1 atom stereocenters. The average molecular weight is 419 g/mol. The predicted molar refractivity (Wildman–Crippen MR) is 118 cm³/mol. The van der Waals surface area contributed by atoms with Crippen molar-refractivity contribution >= 4 is 11.8 Å². The molecule has 2 amide bonds. The summed E-state index contributed by atoms with van der Waals surface area (Å²) in [5, 5.41) is 3.01. The number of amides is 2. The van der Waals surface area contributed by atoms with Crippen LogP contribution in [0.4, 0.5) is 0 Å². The van der Waals surface area contributed by atoms with Crippen LogP contribution in [0.2, 0.25) is 0 Å². The van der Waals surface area contributed by atoms with Gasteiger partial charge in [0.25, 0.3) is 11.8 Å². The number of likely N-dealkylation sites (N-methyl/N-ethyl adjacent to an activating group) is 1. The number of hydrogen-bond acceptors (Lipinski definition) is 3. The Morgan fingerprint density at radius 2 is 1.87 bits per heavy atom. The van der Waals surface area contributed by atoms with E-state index >= 15 is 0 Å². The van der Waals surface area contributed by atoms with Gasteiger partial charge in [-0.25, -0.2) is 0 Å². The lowest BCUT2D eigenvalue weighted by atomic mass is 10.1. The smallest absolute Gasteiger partial charge is 0.278 e. The van der Waals surface area contributed by atoms with E-state index in [0.717, 1.165) is 30.3 Å². The van der Waals surface area contributed by atoms with Crippen LogP contribution >= 0.6 is 0 Å². The van der Waals surface area contributed by atoms with Gasteiger partial charge in [0.05, 0.1) is 33.2 Å². The van der Waals surface area contributed by atoms with Gasteiger partial charge in [-0.2, -0.15) is 0 Å². The first-order valence-corrected chi connectivity index (χ1v) is 10.7. The molecule has 0 bridgehead atoms. The fourth-order valence-electron chi connectivity index (χ4n) is 3.58. The van der Waals surface area contributed by atoms with E-state index in [1.807, 2.05) is 57.0 Å². The Balaban J connectivity index is 1.72. The maximum atomic E-state index is 12.7. The van der Waals surface area contributed by atoms with Crippen molar-refractivity contribution in [3.05, 3.63) is 42.5 Å². The van der Waals surface area contributed by atoms with Crippen molar-refractivity contribution in [2.45, 2.75) is 32.9 Å². The largest absolute Gasteiger partial charge is 0.490 e. The molecule has 0 aliphatic carbocycles. The maximum absolute atomic E-state index is 12.7. The first kappa shape index (κ1) is 23.9. The Morgan fingerprint density at radius 3 is 2.43 bits per heavy atom. The number of rotatable bonds is 9. The average Bonchev–Trinajstić information content (AvgIpc) is 2.66. The lowest BCUT2D eigenvalue weighted by Gasteiger charge is -2.32. The van der Waals surface area contributed by atoms with E-state index in [4.69, 9.17) is 4.74 Å². The minimum atomic E-state index is -0.208. The second kappa shape index (κ2) is 11.1. The molecule has 2 rings (SSSR count). The monoisotopic (exact) mass is 418 g/mol. The molecule has 1 saturated heterocycles. The van der Waals surface area contributed by atoms with E-state index in [1.165, 1.54) is 10.5 Å². The summed E-state index contributed by atoms with van der Waals surface area (Å²) in [5.74, 6) is 1.07. The normalized spacial score (nSPS) is 16.1. The van der Waals surface area contributed by atoms with Crippen molar-refractivity contribution in [2.24, 2.45) is 0 Å². The second-order valence-electron chi connectivity index (χ2n) is 9.16. The van der Waals surface area contributed by atoms with Crippen LogP contribution in [0.15, 0.2) is 36.9 Å². The van der Waals surface area contributed by atoms with Gasteiger partial charge < -0.3 is 24.8 Å². The molecule has 1 unspecified atom stereocenters. The third-order valence-electron chi connectivity index (χ3n) is 5.00. The van der Waals surface area contributed by atoms with Crippen LogP contribution in [0.3, 0.4) is 0 Å². The molecule has 1 heterocycles. The van der Waals surface area contributed by atoms with Gasteiger partial charge in [0.2, 0.25) is 0 Å². The highest BCUT2D eigenvalue weighted by molar-refractivity contribution is 5.78. The van der Waals surface area contributed by atoms with Crippen molar-refractivity contribution in [1.82, 2.24) is 10.2 Å². The summed E-state index contributed by atoms with van der Waals surface area (Å²) in [6.07, 6.45) is 1.72. The Labute approximate surface area is 180 Å². The van der Waals surface area contributed by atoms with Gasteiger partial charge in [-0.05, 0) is 45.0 Å². The van der Waals surface area contributed by atoms with E-state index in [0.29, 0.717) is 32.8 Å². The fourth-order valence-corrected chi connectivity index (χ4v) is 3.58. The molecular weight excluding hydrogens is 380 g/mol. The zero-order valence-electron chi connectivity index (χ0n) is 18.9. The fraction of sp³-hybridized carbons (Fsp3) is 0.565. The predicted octanol–water partition coefficient (Wildman–Crippen LogP) is -1.09. The van der Waals surface area contributed by atoms with E-state index in [-0.39, 0.29) is 17.4 Å². The molecule has 1 fully saturated rings. The van der Waals surface area contributed by atoms with Crippen LogP contribution in [0, 0.1) is 0 Å². The molecule has 1 aromatic rings. The van der Waals surface area contributed by atoms with Gasteiger partial charge in [-0.3, -0.25) is 9.59 Å². The molecule has 1 aliphatic heterocycles. The third-order valence-corrected chi connectivity index (χ3v) is 5.00. The Kier molecular flexibility index (Phi) is 8.87. The van der Waals surface area contributed by atoms with Crippen molar-refractivity contribution in [2.75, 3.05) is 52.9 Å². The lowest BCUT2D eigenvalue weighted by molar-refractivity contribution is -0.897. The molecule has 1 aliphatic rings. The standard InChI is InChI=1S/C23H36N4O3/c1-6-15-30-20-9-7-19(8-10-20)16-25(5)18-22(29)27-13-11-26(12-14-27)17-21(28)24-23(2,3)4/h6-10H,1,11-18H2,2-5H3,(H,24,28)/p+2. The summed E-state index contributed by atoms with van der Waals surface area (Å²) in [4.78, 5) is 29.1. The number of benzene rings is 1. The zero-order chi connectivity index (χ0) is 22.1. The lowest BCUT2D eigenvalue weighted by Crippen LogP contribution is -3.16. The van der Waals surface area contributed by atoms with Crippen molar-refractivity contribution < 1.29 is 24.1 Å². The van der Waals surface area contributed by atoms with Crippen LogP contribution in [0.1, 0.15) is 26.3 Å². The van der Waals surface area contributed by atoms with E-state index in [9.17, 15) is 9.59 Å². The van der Waals surface area contributed by atoms with E-state index in [1.54, 1.807) is 6.08 Å². The summed E-state index contributed by atoms with van der Waals surface area (Å²) in [6, 6.07) is 7.98. The van der Waals surface area contributed by atoms with Gasteiger partial charge in [0.15, 0.2) is 13.1 Å².